The van der Waals surface area contributed by atoms with Crippen molar-refractivity contribution >= 4 is 23.1 Å². The second-order valence-electron chi connectivity index (χ2n) is 2.64. The lowest BCUT2D eigenvalue weighted by atomic mass is 10.0. The van der Waals surface area contributed by atoms with Crippen molar-refractivity contribution in [2.75, 3.05) is 0 Å². The Hall–Kier alpha value is -0.700. The third-order valence-corrected chi connectivity index (χ3v) is 1.80. The number of amides is 1. The first kappa shape index (κ1) is 8.40. The number of carbonyl (C=O) groups excluding carboxylic acids is 1. The summed E-state index contributed by atoms with van der Waals surface area (Å²) < 4.78 is 0. The van der Waals surface area contributed by atoms with Crippen LogP contribution in [0.5, 0.6) is 0 Å². The number of nitrogens with one attached hydrogen (secondary N) is 1. The molecule has 2 nitrogen and oxygen atoms in total. The zero-order valence-electron chi connectivity index (χ0n) is 6.52. The number of hydrogen-bond acceptors (Lipinski definition) is 2. The van der Waals surface area contributed by atoms with Gasteiger partial charge in [0.25, 0.3) is 0 Å². The molecule has 0 saturated carbocycles. The summed E-state index contributed by atoms with van der Waals surface area (Å²) in [4.78, 5) is 11.5. The molecule has 3 heteroatoms. The number of hydrogen-bond donors (Lipinski definition) is 1. The largest absolute Gasteiger partial charge is 0.317 e. The SMILES string of the molecule is CCCC1=CC(=O)NC(=S)C1. The molecule has 0 aromatic heterocycles. The van der Waals surface area contributed by atoms with Crippen molar-refractivity contribution in [1.82, 2.24) is 5.32 Å². The Bertz CT molecular complexity index is 220. The van der Waals surface area contributed by atoms with Gasteiger partial charge in [-0.15, -0.1) is 0 Å². The number of thiocarbonyl (C=S) groups is 1. The lowest BCUT2D eigenvalue weighted by Crippen LogP contribution is -2.31. The fraction of sp³-hybridized carbons (Fsp3) is 0.500. The maximum absolute atomic E-state index is 10.9. The first-order valence-electron chi connectivity index (χ1n) is 3.75. The van der Waals surface area contributed by atoms with Gasteiger partial charge in [-0.3, -0.25) is 4.79 Å². The molecule has 0 fully saturated rings. The summed E-state index contributed by atoms with van der Waals surface area (Å²) in [6.45, 7) is 2.09. The summed E-state index contributed by atoms with van der Waals surface area (Å²) in [7, 11) is 0. The quantitative estimate of drug-likeness (QED) is 0.636. The van der Waals surface area contributed by atoms with E-state index in [4.69, 9.17) is 12.2 Å². The monoisotopic (exact) mass is 169 g/mol. The van der Waals surface area contributed by atoms with E-state index in [-0.39, 0.29) is 5.91 Å². The summed E-state index contributed by atoms with van der Waals surface area (Å²) in [5.41, 5.74) is 1.15. The van der Waals surface area contributed by atoms with Gasteiger partial charge in [0, 0.05) is 12.5 Å². The lowest BCUT2D eigenvalue weighted by molar-refractivity contribution is -0.115. The van der Waals surface area contributed by atoms with Crippen LogP contribution in [0.1, 0.15) is 26.2 Å². The van der Waals surface area contributed by atoms with Crippen LogP contribution in [-0.4, -0.2) is 10.9 Å². The predicted octanol–water partition coefficient (Wildman–Crippen LogP) is 1.56. The molecular formula is C8H11NOS. The van der Waals surface area contributed by atoms with Crippen LogP contribution >= 0.6 is 12.2 Å². The van der Waals surface area contributed by atoms with E-state index in [0.29, 0.717) is 4.99 Å². The minimum absolute atomic E-state index is 0.0651. The highest BCUT2D eigenvalue weighted by Crippen LogP contribution is 2.12. The van der Waals surface area contributed by atoms with Crippen molar-refractivity contribution in [3.8, 4) is 0 Å². The molecule has 11 heavy (non-hydrogen) atoms. The first-order chi connectivity index (χ1) is 5.22. The fourth-order valence-corrected chi connectivity index (χ4v) is 1.43. The van der Waals surface area contributed by atoms with E-state index in [9.17, 15) is 4.79 Å². The van der Waals surface area contributed by atoms with Gasteiger partial charge in [-0.2, -0.15) is 0 Å². The van der Waals surface area contributed by atoms with E-state index < -0.39 is 0 Å². The zero-order valence-corrected chi connectivity index (χ0v) is 7.33. The van der Waals surface area contributed by atoms with Crippen LogP contribution in [-0.2, 0) is 4.79 Å². The van der Waals surface area contributed by atoms with Crippen LogP contribution in [0.3, 0.4) is 0 Å². The maximum atomic E-state index is 10.9. The van der Waals surface area contributed by atoms with E-state index >= 15 is 0 Å². The number of carbonyl (C=O) groups is 1. The highest BCUT2D eigenvalue weighted by Gasteiger charge is 2.11. The third kappa shape index (κ3) is 2.42. The summed E-state index contributed by atoms with van der Waals surface area (Å²) in [5.74, 6) is -0.0651. The highest BCUT2D eigenvalue weighted by atomic mass is 32.1. The Morgan fingerprint density at radius 3 is 3.00 bits per heavy atom. The smallest absolute Gasteiger partial charge is 0.248 e. The highest BCUT2D eigenvalue weighted by molar-refractivity contribution is 7.80. The van der Waals surface area contributed by atoms with Gasteiger partial charge in [0.2, 0.25) is 5.91 Å². The van der Waals surface area contributed by atoms with Gasteiger partial charge in [0.1, 0.15) is 0 Å². The molecule has 0 unspecified atom stereocenters. The first-order valence-corrected chi connectivity index (χ1v) is 4.16. The van der Waals surface area contributed by atoms with Crippen molar-refractivity contribution in [3.05, 3.63) is 11.6 Å². The Balaban J connectivity index is 2.64. The minimum Gasteiger partial charge on any atom is -0.317 e. The van der Waals surface area contributed by atoms with Crippen molar-refractivity contribution in [1.29, 1.82) is 0 Å². The molecule has 0 bridgehead atoms. The molecule has 0 aliphatic carbocycles. The van der Waals surface area contributed by atoms with Crippen LogP contribution in [0.15, 0.2) is 11.6 Å². The molecule has 0 atom stereocenters. The van der Waals surface area contributed by atoms with Gasteiger partial charge in [0.05, 0.1) is 4.99 Å². The molecule has 0 saturated heterocycles. The van der Waals surface area contributed by atoms with Gasteiger partial charge in [-0.1, -0.05) is 31.1 Å². The Morgan fingerprint density at radius 1 is 1.73 bits per heavy atom. The fourth-order valence-electron chi connectivity index (χ4n) is 1.14. The molecule has 1 amide bonds. The summed E-state index contributed by atoms with van der Waals surface area (Å²) in [6.07, 6.45) is 4.46. The standard InChI is InChI=1S/C8H11NOS/c1-2-3-6-4-7(10)9-8(11)5-6/h4H,2-3,5H2,1H3,(H,9,10,11). The molecule has 0 spiro atoms. The topological polar surface area (TPSA) is 29.1 Å². The van der Waals surface area contributed by atoms with Crippen LogP contribution in [0.4, 0.5) is 0 Å². The second-order valence-corrected chi connectivity index (χ2v) is 3.13. The third-order valence-electron chi connectivity index (χ3n) is 1.56. The summed E-state index contributed by atoms with van der Waals surface area (Å²) >= 11 is 4.90. The van der Waals surface area contributed by atoms with E-state index in [2.05, 4.69) is 12.2 Å². The van der Waals surface area contributed by atoms with Gasteiger partial charge in [0.15, 0.2) is 0 Å². The molecule has 1 rings (SSSR count). The average Bonchev–Trinajstić information content (AvgIpc) is 1.85. The van der Waals surface area contributed by atoms with Crippen molar-refractivity contribution < 1.29 is 4.79 Å². The van der Waals surface area contributed by atoms with Crippen molar-refractivity contribution in [2.45, 2.75) is 26.2 Å². The number of rotatable bonds is 2. The molecule has 0 aromatic carbocycles. The molecular weight excluding hydrogens is 158 g/mol. The van der Waals surface area contributed by atoms with E-state index in [1.54, 1.807) is 6.08 Å². The van der Waals surface area contributed by atoms with Crippen LogP contribution in [0, 0.1) is 0 Å². The molecule has 1 aliphatic heterocycles. The van der Waals surface area contributed by atoms with Crippen molar-refractivity contribution in [3.63, 3.8) is 0 Å². The lowest BCUT2D eigenvalue weighted by Gasteiger charge is -2.13. The van der Waals surface area contributed by atoms with Crippen LogP contribution in [0.25, 0.3) is 0 Å². The Labute approximate surface area is 71.7 Å². The zero-order chi connectivity index (χ0) is 8.27. The molecule has 0 radical (unpaired) electrons. The van der Waals surface area contributed by atoms with Gasteiger partial charge >= 0.3 is 0 Å². The average molecular weight is 169 g/mol. The summed E-state index contributed by atoms with van der Waals surface area (Å²) in [6, 6.07) is 0. The van der Waals surface area contributed by atoms with Gasteiger partial charge in [-0.25, -0.2) is 0 Å². The molecule has 1 aliphatic rings. The van der Waals surface area contributed by atoms with E-state index in [1.807, 2.05) is 0 Å². The second kappa shape index (κ2) is 3.62. The Morgan fingerprint density at radius 2 is 2.45 bits per heavy atom. The Kier molecular flexibility index (Phi) is 2.76. The van der Waals surface area contributed by atoms with Gasteiger partial charge in [-0.05, 0) is 6.42 Å². The van der Waals surface area contributed by atoms with Crippen LogP contribution in [0.2, 0.25) is 0 Å². The molecule has 0 aromatic rings. The molecule has 1 heterocycles. The molecule has 1 N–H and O–H groups in total. The van der Waals surface area contributed by atoms with E-state index in [1.165, 1.54) is 0 Å². The molecule has 60 valence electrons. The summed E-state index contributed by atoms with van der Waals surface area (Å²) in [5, 5.41) is 2.58. The van der Waals surface area contributed by atoms with Gasteiger partial charge < -0.3 is 5.32 Å². The predicted molar refractivity (Wildman–Crippen MR) is 48.3 cm³/mol. The van der Waals surface area contributed by atoms with Crippen LogP contribution < -0.4 is 5.32 Å². The normalized spacial score (nSPS) is 17.7. The maximum Gasteiger partial charge on any atom is 0.248 e. The minimum atomic E-state index is -0.0651. The van der Waals surface area contributed by atoms with E-state index in [0.717, 1.165) is 24.8 Å². The van der Waals surface area contributed by atoms with Crippen molar-refractivity contribution in [2.24, 2.45) is 0 Å².